The number of sulfonamides is 1. The average molecular weight is 442 g/mol. The molecule has 2 saturated heterocycles. The van der Waals surface area contributed by atoms with Gasteiger partial charge < -0.3 is 10.2 Å². The molecule has 0 radical (unpaired) electrons. The van der Waals surface area contributed by atoms with Gasteiger partial charge in [-0.05, 0) is 82.3 Å². The molecule has 0 aromatic heterocycles. The van der Waals surface area contributed by atoms with Crippen LogP contribution < -0.4 is 5.32 Å². The minimum absolute atomic E-state index is 0.136. The van der Waals surface area contributed by atoms with Crippen LogP contribution in [0.2, 0.25) is 5.02 Å². The third-order valence-electron chi connectivity index (χ3n) is 6.24. The Morgan fingerprint density at radius 1 is 1.14 bits per heavy atom. The van der Waals surface area contributed by atoms with E-state index in [0.29, 0.717) is 31.5 Å². The third kappa shape index (κ3) is 5.72. The maximum absolute atomic E-state index is 13.0. The van der Waals surface area contributed by atoms with Crippen molar-refractivity contribution in [2.75, 3.05) is 39.8 Å². The minimum atomic E-state index is -3.61. The van der Waals surface area contributed by atoms with Crippen molar-refractivity contribution in [3.8, 4) is 0 Å². The zero-order chi connectivity index (χ0) is 21.0. The highest BCUT2D eigenvalue weighted by atomic mass is 35.5. The van der Waals surface area contributed by atoms with Crippen LogP contribution in [0.15, 0.2) is 23.1 Å². The Morgan fingerprint density at radius 3 is 2.45 bits per heavy atom. The number of nitrogens with zero attached hydrogens (tertiary/aromatic N) is 2. The van der Waals surface area contributed by atoms with Crippen LogP contribution in [0, 0.1) is 11.8 Å². The summed E-state index contributed by atoms with van der Waals surface area (Å²) in [6.07, 6.45) is 4.94. The van der Waals surface area contributed by atoms with E-state index in [1.54, 1.807) is 0 Å². The first kappa shape index (κ1) is 22.5. The van der Waals surface area contributed by atoms with Crippen LogP contribution in [0.5, 0.6) is 0 Å². The van der Waals surface area contributed by atoms with E-state index < -0.39 is 10.0 Å². The third-order valence-corrected chi connectivity index (χ3v) is 8.46. The molecule has 162 valence electrons. The molecule has 1 aromatic rings. The van der Waals surface area contributed by atoms with Crippen molar-refractivity contribution in [3.05, 3.63) is 28.8 Å². The topological polar surface area (TPSA) is 69.7 Å². The molecule has 0 spiro atoms. The van der Waals surface area contributed by atoms with Crippen LogP contribution in [-0.2, 0) is 10.0 Å². The number of hydrogen-bond donors (Lipinski definition) is 1. The summed E-state index contributed by atoms with van der Waals surface area (Å²) in [5.41, 5.74) is 0.224. The number of amides is 1. The first-order chi connectivity index (χ1) is 13.8. The lowest BCUT2D eigenvalue weighted by atomic mass is 9.94. The van der Waals surface area contributed by atoms with Crippen LogP contribution in [0.25, 0.3) is 0 Å². The number of benzene rings is 1. The van der Waals surface area contributed by atoms with E-state index in [9.17, 15) is 13.2 Å². The van der Waals surface area contributed by atoms with Gasteiger partial charge >= 0.3 is 0 Å². The molecule has 2 aliphatic heterocycles. The Labute approximate surface area is 179 Å². The molecular weight excluding hydrogens is 410 g/mol. The molecule has 0 bridgehead atoms. The van der Waals surface area contributed by atoms with Gasteiger partial charge in [-0.25, -0.2) is 8.42 Å². The molecule has 0 unspecified atom stereocenters. The van der Waals surface area contributed by atoms with E-state index >= 15 is 0 Å². The number of hydrogen-bond acceptors (Lipinski definition) is 4. The number of carbonyl (C=O) groups is 1. The van der Waals surface area contributed by atoms with E-state index in [-0.39, 0.29) is 21.4 Å². The van der Waals surface area contributed by atoms with Crippen molar-refractivity contribution in [2.45, 2.75) is 43.9 Å². The first-order valence-electron chi connectivity index (χ1n) is 10.5. The molecule has 0 atom stereocenters. The summed E-state index contributed by atoms with van der Waals surface area (Å²) in [5, 5.41) is 3.19. The van der Waals surface area contributed by atoms with Gasteiger partial charge in [0.15, 0.2) is 0 Å². The first-order valence-corrected chi connectivity index (χ1v) is 12.4. The summed E-state index contributed by atoms with van der Waals surface area (Å²) in [6.45, 7) is 5.94. The second kappa shape index (κ2) is 9.77. The highest BCUT2D eigenvalue weighted by Gasteiger charge is 2.29. The van der Waals surface area contributed by atoms with Crippen molar-refractivity contribution >= 4 is 27.5 Å². The second-order valence-electron chi connectivity index (χ2n) is 8.52. The summed E-state index contributed by atoms with van der Waals surface area (Å²) < 4.78 is 27.5. The molecule has 8 heteroatoms. The van der Waals surface area contributed by atoms with Gasteiger partial charge in [-0.3, -0.25) is 4.79 Å². The van der Waals surface area contributed by atoms with Crippen LogP contribution >= 0.6 is 11.6 Å². The van der Waals surface area contributed by atoms with E-state index in [1.165, 1.54) is 22.5 Å². The fourth-order valence-electron chi connectivity index (χ4n) is 4.05. The SMILES string of the molecule is CC1CCN(S(=O)(=O)c2ccc(Cl)c(C(=O)NCCC3CCN(C)CC3)c2)CC1. The lowest BCUT2D eigenvalue weighted by Gasteiger charge is -2.29. The number of nitrogens with one attached hydrogen (secondary N) is 1. The van der Waals surface area contributed by atoms with E-state index in [1.807, 2.05) is 0 Å². The molecule has 2 fully saturated rings. The van der Waals surface area contributed by atoms with E-state index in [0.717, 1.165) is 45.2 Å². The second-order valence-corrected chi connectivity index (χ2v) is 10.9. The van der Waals surface area contributed by atoms with Crippen LogP contribution in [0.3, 0.4) is 0 Å². The van der Waals surface area contributed by atoms with Gasteiger partial charge in [0.2, 0.25) is 10.0 Å². The van der Waals surface area contributed by atoms with Crippen LogP contribution in [0.1, 0.15) is 49.4 Å². The van der Waals surface area contributed by atoms with E-state index in [2.05, 4.69) is 24.2 Å². The van der Waals surface area contributed by atoms with Gasteiger partial charge in [0.05, 0.1) is 15.5 Å². The smallest absolute Gasteiger partial charge is 0.252 e. The fraction of sp³-hybridized carbons (Fsp3) is 0.667. The van der Waals surface area contributed by atoms with Gasteiger partial charge in [-0.15, -0.1) is 0 Å². The zero-order valence-corrected chi connectivity index (χ0v) is 18.9. The highest BCUT2D eigenvalue weighted by Crippen LogP contribution is 2.26. The van der Waals surface area contributed by atoms with Gasteiger partial charge in [-0.1, -0.05) is 18.5 Å². The number of rotatable bonds is 6. The predicted molar refractivity (Wildman–Crippen MR) is 116 cm³/mol. The standard InChI is InChI=1S/C21H32ClN3O3S/c1-16-6-13-25(14-7-16)29(27,28)18-3-4-20(22)19(15-18)21(26)23-10-5-17-8-11-24(2)12-9-17/h3-4,15-17H,5-14H2,1-2H3,(H,23,26). The monoisotopic (exact) mass is 441 g/mol. The van der Waals surface area contributed by atoms with Crippen molar-refractivity contribution in [1.82, 2.24) is 14.5 Å². The number of halogens is 1. The summed E-state index contributed by atoms with van der Waals surface area (Å²) in [5.74, 6) is 0.847. The number of carbonyl (C=O) groups excluding carboxylic acids is 1. The predicted octanol–water partition coefficient (Wildman–Crippen LogP) is 3.22. The fourth-order valence-corrected chi connectivity index (χ4v) is 5.75. The largest absolute Gasteiger partial charge is 0.352 e. The Bertz CT molecular complexity index is 814. The zero-order valence-electron chi connectivity index (χ0n) is 17.4. The maximum Gasteiger partial charge on any atom is 0.252 e. The molecule has 1 amide bonds. The Balaban J connectivity index is 1.63. The molecule has 3 rings (SSSR count). The molecule has 29 heavy (non-hydrogen) atoms. The Kier molecular flexibility index (Phi) is 7.59. The summed E-state index contributed by atoms with van der Waals surface area (Å²) in [6, 6.07) is 4.42. The molecule has 1 aromatic carbocycles. The quantitative estimate of drug-likeness (QED) is 0.735. The van der Waals surface area contributed by atoms with E-state index in [4.69, 9.17) is 11.6 Å². The lowest BCUT2D eigenvalue weighted by Crippen LogP contribution is -2.38. The molecule has 2 heterocycles. The molecular formula is C21H32ClN3O3S. The molecule has 0 aliphatic carbocycles. The normalized spacial score (nSPS) is 20.7. The Morgan fingerprint density at radius 2 is 1.79 bits per heavy atom. The average Bonchev–Trinajstić information content (AvgIpc) is 2.70. The van der Waals surface area contributed by atoms with Crippen LogP contribution in [-0.4, -0.2) is 63.3 Å². The van der Waals surface area contributed by atoms with Crippen LogP contribution in [0.4, 0.5) is 0 Å². The van der Waals surface area contributed by atoms with Crippen molar-refractivity contribution in [3.63, 3.8) is 0 Å². The van der Waals surface area contributed by atoms with Gasteiger partial charge in [0.1, 0.15) is 0 Å². The Hall–Kier alpha value is -1.15. The molecule has 1 N–H and O–H groups in total. The van der Waals surface area contributed by atoms with Gasteiger partial charge in [0.25, 0.3) is 5.91 Å². The lowest BCUT2D eigenvalue weighted by molar-refractivity contribution is 0.0949. The van der Waals surface area contributed by atoms with Crippen molar-refractivity contribution in [1.29, 1.82) is 0 Å². The summed E-state index contributed by atoms with van der Waals surface area (Å²) in [7, 11) is -1.48. The van der Waals surface area contributed by atoms with Gasteiger partial charge in [-0.2, -0.15) is 4.31 Å². The number of likely N-dealkylation sites (tertiary alicyclic amines) is 1. The summed E-state index contributed by atoms with van der Waals surface area (Å²) >= 11 is 6.21. The molecule has 6 nitrogen and oxygen atoms in total. The van der Waals surface area contributed by atoms with Crippen molar-refractivity contribution in [2.24, 2.45) is 11.8 Å². The summed E-state index contributed by atoms with van der Waals surface area (Å²) in [4.78, 5) is 15.1. The maximum atomic E-state index is 13.0. The minimum Gasteiger partial charge on any atom is -0.352 e. The molecule has 0 saturated carbocycles. The van der Waals surface area contributed by atoms with Gasteiger partial charge in [0, 0.05) is 19.6 Å². The molecule has 2 aliphatic rings. The highest BCUT2D eigenvalue weighted by molar-refractivity contribution is 7.89. The number of piperidine rings is 2. The van der Waals surface area contributed by atoms with Crippen molar-refractivity contribution < 1.29 is 13.2 Å².